The van der Waals surface area contributed by atoms with Crippen LogP contribution >= 0.6 is 0 Å². The highest BCUT2D eigenvalue weighted by atomic mass is 19.4. The second-order valence-corrected chi connectivity index (χ2v) is 15.9. The van der Waals surface area contributed by atoms with Crippen LogP contribution in [0.2, 0.25) is 0 Å². The van der Waals surface area contributed by atoms with Gasteiger partial charge in [-0.1, -0.05) is 32.9 Å². The quantitative estimate of drug-likeness (QED) is 0.131. The number of carbonyl (C=O) groups is 8. The number of amides is 8. The molecule has 2 unspecified atom stereocenters. The Labute approximate surface area is 341 Å². The maximum absolute atomic E-state index is 15.4. The van der Waals surface area contributed by atoms with Crippen molar-refractivity contribution in [1.29, 1.82) is 0 Å². The average molecular weight is 847 g/mol. The fourth-order valence-corrected chi connectivity index (χ4v) is 8.95. The molecule has 61 heavy (non-hydrogen) atoms. The zero-order chi connectivity index (χ0) is 44.6. The highest BCUT2D eigenvalue weighted by Gasteiger charge is 2.73. The number of carbonyl (C=O) groups excluding carboxylic acids is 8. The Morgan fingerprint density at radius 3 is 1.16 bits per heavy atom. The van der Waals surface area contributed by atoms with E-state index in [9.17, 15) is 38.4 Å². The van der Waals surface area contributed by atoms with Crippen molar-refractivity contribution in [2.45, 2.75) is 77.3 Å². The van der Waals surface area contributed by atoms with Crippen LogP contribution in [-0.4, -0.2) is 91.5 Å². The van der Waals surface area contributed by atoms with Gasteiger partial charge in [-0.2, -0.15) is 36.4 Å². The molecule has 4 aliphatic rings. The second kappa shape index (κ2) is 13.4. The Bertz CT molecular complexity index is 2670. The van der Waals surface area contributed by atoms with Gasteiger partial charge in [0, 0.05) is 34.0 Å². The van der Waals surface area contributed by atoms with Crippen molar-refractivity contribution in [3.63, 3.8) is 0 Å². The third-order valence-electron chi connectivity index (χ3n) is 11.9. The van der Waals surface area contributed by atoms with Crippen molar-refractivity contribution in [2.24, 2.45) is 5.92 Å². The van der Waals surface area contributed by atoms with E-state index in [0.29, 0.717) is 43.2 Å². The average Bonchev–Trinajstić information content (AvgIpc) is 3.58. The van der Waals surface area contributed by atoms with Crippen molar-refractivity contribution in [3.05, 3.63) is 116 Å². The molecular formula is C43H32F6N4O8. The van der Waals surface area contributed by atoms with Crippen LogP contribution in [-0.2, 0) is 5.41 Å². The number of imide groups is 4. The van der Waals surface area contributed by atoms with Crippen molar-refractivity contribution in [3.8, 4) is 0 Å². The summed E-state index contributed by atoms with van der Waals surface area (Å²) in [5.41, 5.74) is -11.6. The standard InChI is InChI=1S/C43H32F6N4O8/c1-6-19(4)50-34(55)25-11-13-27-32-28(14-12-26(31(25)32)35(50)56)39(60)53(38(27)59)52-37(58)24-10-8-22(17-30(24)40(52)61)41(42(44,45)46,43(47,48)49)21-7-9-23-29(16-21)36(57)51(33(23)54)20(5)15-18(2)3/h7-14,16-20H,6,15H2,1-5H3. The maximum Gasteiger partial charge on any atom is 0.411 e. The van der Waals surface area contributed by atoms with E-state index in [2.05, 4.69) is 0 Å². The summed E-state index contributed by atoms with van der Waals surface area (Å²) < 4.78 is 92.3. The van der Waals surface area contributed by atoms with E-state index in [4.69, 9.17) is 0 Å². The van der Waals surface area contributed by atoms with Gasteiger partial charge in [0.05, 0.1) is 33.4 Å². The lowest BCUT2D eigenvalue weighted by Gasteiger charge is -2.38. The number of hydrazine groups is 1. The highest BCUT2D eigenvalue weighted by Crippen LogP contribution is 2.57. The molecule has 0 fully saturated rings. The van der Waals surface area contributed by atoms with Crippen LogP contribution < -0.4 is 0 Å². The smallest absolute Gasteiger partial charge is 0.272 e. The van der Waals surface area contributed by atoms with Crippen molar-refractivity contribution >= 4 is 58.0 Å². The lowest BCUT2D eigenvalue weighted by atomic mass is 9.71. The van der Waals surface area contributed by atoms with E-state index >= 15 is 26.3 Å². The Morgan fingerprint density at radius 2 is 0.754 bits per heavy atom. The molecule has 8 amide bonds. The first-order valence-electron chi connectivity index (χ1n) is 19.1. The molecule has 0 bridgehead atoms. The van der Waals surface area contributed by atoms with Gasteiger partial charge in [-0.25, -0.2) is 0 Å². The molecule has 4 aromatic rings. The van der Waals surface area contributed by atoms with Crippen LogP contribution in [0.25, 0.3) is 10.8 Å². The van der Waals surface area contributed by atoms with E-state index in [1.165, 1.54) is 19.1 Å². The number of benzene rings is 4. The lowest BCUT2D eigenvalue weighted by molar-refractivity contribution is -0.288. The van der Waals surface area contributed by atoms with Crippen LogP contribution in [0, 0.1) is 5.92 Å². The van der Waals surface area contributed by atoms with Crippen LogP contribution in [0.15, 0.2) is 60.7 Å². The van der Waals surface area contributed by atoms with E-state index in [-0.39, 0.29) is 55.0 Å². The van der Waals surface area contributed by atoms with E-state index < -0.39 is 110 Å². The van der Waals surface area contributed by atoms with Crippen molar-refractivity contribution < 1.29 is 64.7 Å². The third-order valence-corrected chi connectivity index (χ3v) is 11.9. The predicted molar refractivity (Wildman–Crippen MR) is 200 cm³/mol. The number of hydrogen-bond acceptors (Lipinski definition) is 8. The third kappa shape index (κ3) is 5.39. The summed E-state index contributed by atoms with van der Waals surface area (Å²) in [6, 6.07) is 6.05. The van der Waals surface area contributed by atoms with Gasteiger partial charge < -0.3 is 0 Å². The minimum atomic E-state index is -6.23. The molecule has 0 radical (unpaired) electrons. The van der Waals surface area contributed by atoms with Gasteiger partial charge >= 0.3 is 12.4 Å². The van der Waals surface area contributed by atoms with Crippen LogP contribution in [0.1, 0.15) is 141 Å². The van der Waals surface area contributed by atoms with Gasteiger partial charge in [-0.15, -0.1) is 0 Å². The first-order chi connectivity index (χ1) is 28.5. The molecule has 18 heteroatoms. The zero-order valence-electron chi connectivity index (χ0n) is 32.7. The molecule has 4 aliphatic heterocycles. The zero-order valence-corrected chi connectivity index (χ0v) is 32.7. The monoisotopic (exact) mass is 846 g/mol. The minimum absolute atomic E-state index is 0.00651. The topological polar surface area (TPSA) is 150 Å². The maximum atomic E-state index is 15.4. The Kier molecular flexibility index (Phi) is 9.01. The number of halogens is 6. The molecule has 0 saturated heterocycles. The molecular weight excluding hydrogens is 814 g/mol. The molecule has 12 nitrogen and oxygen atoms in total. The fourth-order valence-electron chi connectivity index (χ4n) is 8.95. The molecule has 0 spiro atoms. The predicted octanol–water partition coefficient (Wildman–Crippen LogP) is 7.48. The number of alkyl halides is 6. The summed E-state index contributed by atoms with van der Waals surface area (Å²) >= 11 is 0. The summed E-state index contributed by atoms with van der Waals surface area (Å²) in [5.74, 6) is -9.08. The molecule has 0 N–H and O–H groups in total. The Morgan fingerprint density at radius 1 is 0.443 bits per heavy atom. The Balaban J connectivity index is 1.21. The normalized spacial score (nSPS) is 17.7. The summed E-state index contributed by atoms with van der Waals surface area (Å²) in [6.07, 6.45) is -11.7. The summed E-state index contributed by atoms with van der Waals surface area (Å²) in [6.45, 7) is 8.53. The Hall–Kier alpha value is -6.72. The summed E-state index contributed by atoms with van der Waals surface area (Å²) in [7, 11) is 0. The van der Waals surface area contributed by atoms with Gasteiger partial charge in [0.15, 0.2) is 0 Å². The number of fused-ring (bicyclic) bond motifs is 2. The first kappa shape index (κ1) is 41.0. The largest absolute Gasteiger partial charge is 0.411 e. The number of rotatable bonds is 8. The van der Waals surface area contributed by atoms with Gasteiger partial charge in [0.25, 0.3) is 47.3 Å². The van der Waals surface area contributed by atoms with Gasteiger partial charge in [-0.3, -0.25) is 48.2 Å². The van der Waals surface area contributed by atoms with E-state index in [1.807, 2.05) is 0 Å². The molecule has 0 aromatic heterocycles. The molecule has 8 rings (SSSR count). The lowest BCUT2D eigenvalue weighted by Crippen LogP contribution is -2.55. The summed E-state index contributed by atoms with van der Waals surface area (Å²) in [4.78, 5) is 112. The van der Waals surface area contributed by atoms with Crippen LogP contribution in [0.3, 0.4) is 0 Å². The van der Waals surface area contributed by atoms with E-state index in [1.54, 1.807) is 27.7 Å². The second-order valence-electron chi connectivity index (χ2n) is 15.9. The van der Waals surface area contributed by atoms with Gasteiger partial charge in [-0.05, 0) is 92.3 Å². The minimum Gasteiger partial charge on any atom is -0.272 e. The molecule has 4 heterocycles. The molecule has 0 aliphatic carbocycles. The SMILES string of the molecule is CCC(C)N1C(=O)c2ccc3c4c(ccc(c24)C1=O)C(=O)N(N1C(=O)c2ccc(C(c4ccc5c(c4)C(=O)N(C(C)CC(C)C)C5=O)(C(F)(F)F)C(F)(F)F)cc2C1=O)C3=O. The first-order valence-corrected chi connectivity index (χ1v) is 19.1. The molecule has 4 aromatic carbocycles. The molecule has 2 atom stereocenters. The van der Waals surface area contributed by atoms with E-state index in [0.717, 1.165) is 21.9 Å². The highest BCUT2D eigenvalue weighted by molar-refractivity contribution is 6.35. The van der Waals surface area contributed by atoms with Crippen LogP contribution in [0.4, 0.5) is 26.3 Å². The summed E-state index contributed by atoms with van der Waals surface area (Å²) in [5, 5.41) is -0.0305. The number of nitrogens with zero attached hydrogens (tertiary/aromatic N) is 4. The number of hydrogen-bond donors (Lipinski definition) is 0. The molecule has 0 saturated carbocycles. The van der Waals surface area contributed by atoms with Crippen LogP contribution in [0.5, 0.6) is 0 Å². The van der Waals surface area contributed by atoms with Crippen molar-refractivity contribution in [2.75, 3.05) is 0 Å². The molecule has 314 valence electrons. The van der Waals surface area contributed by atoms with Gasteiger partial charge in [0.2, 0.25) is 5.41 Å². The van der Waals surface area contributed by atoms with Crippen molar-refractivity contribution in [1.82, 2.24) is 19.8 Å². The fraction of sp³-hybridized carbons (Fsp3) is 0.302. The van der Waals surface area contributed by atoms with Gasteiger partial charge in [0.1, 0.15) is 0 Å².